The summed E-state index contributed by atoms with van der Waals surface area (Å²) in [7, 11) is -0.139. The molecule has 7 heteroatoms. The van der Waals surface area contributed by atoms with Crippen LogP contribution in [0.15, 0.2) is 18.2 Å². The molecule has 2 N–H and O–H groups in total. The second-order valence-corrected chi connectivity index (χ2v) is 4.24. The summed E-state index contributed by atoms with van der Waals surface area (Å²) in [5.74, 6) is 0.196. The zero-order valence-corrected chi connectivity index (χ0v) is 10.7. The molecule has 0 bridgehead atoms. The summed E-state index contributed by atoms with van der Waals surface area (Å²) in [4.78, 5) is 14.0. The van der Waals surface area contributed by atoms with Crippen molar-refractivity contribution < 1.29 is 24.3 Å². The molecule has 1 amide bonds. The maximum Gasteiger partial charge on any atom is 0.488 e. The first-order chi connectivity index (χ1) is 9.13. The van der Waals surface area contributed by atoms with Crippen LogP contribution in [0.2, 0.25) is 0 Å². The number of carbonyl (C=O) groups is 1. The van der Waals surface area contributed by atoms with Crippen LogP contribution in [0.4, 0.5) is 0 Å². The number of carbonyl (C=O) groups excluding carboxylic acids is 1. The molecule has 102 valence electrons. The normalized spacial score (nSPS) is 15.2. The Morgan fingerprint density at radius 3 is 2.63 bits per heavy atom. The fourth-order valence-electron chi connectivity index (χ4n) is 1.98. The van der Waals surface area contributed by atoms with E-state index in [0.717, 1.165) is 0 Å². The number of morpholine rings is 1. The lowest BCUT2D eigenvalue weighted by molar-refractivity contribution is 0.0301. The number of benzene rings is 1. The maximum atomic E-state index is 12.3. The maximum absolute atomic E-state index is 12.3. The number of hydrogen-bond acceptors (Lipinski definition) is 5. The molecule has 1 fully saturated rings. The first-order valence-electron chi connectivity index (χ1n) is 6.04. The topological polar surface area (TPSA) is 79.2 Å². The number of amides is 1. The Morgan fingerprint density at radius 2 is 2.05 bits per heavy atom. The second kappa shape index (κ2) is 6.05. The van der Waals surface area contributed by atoms with Crippen molar-refractivity contribution in [1.29, 1.82) is 0 Å². The predicted molar refractivity (Wildman–Crippen MR) is 69.5 cm³/mol. The lowest BCUT2D eigenvalue weighted by Crippen LogP contribution is -2.41. The van der Waals surface area contributed by atoms with E-state index in [-0.39, 0.29) is 11.4 Å². The first kappa shape index (κ1) is 13.9. The van der Waals surface area contributed by atoms with Crippen LogP contribution >= 0.6 is 0 Å². The summed E-state index contributed by atoms with van der Waals surface area (Å²) in [6.45, 7) is 2.15. The minimum atomic E-state index is -1.58. The number of methoxy groups -OCH3 is 1. The Balaban J connectivity index is 2.25. The van der Waals surface area contributed by atoms with Gasteiger partial charge in [-0.2, -0.15) is 0 Å². The van der Waals surface area contributed by atoms with Crippen molar-refractivity contribution in [1.82, 2.24) is 4.90 Å². The fourth-order valence-corrected chi connectivity index (χ4v) is 1.98. The van der Waals surface area contributed by atoms with E-state index in [0.29, 0.717) is 37.6 Å². The Hall–Kier alpha value is -1.57. The Bertz CT molecular complexity index is 459. The van der Waals surface area contributed by atoms with Gasteiger partial charge in [0.05, 0.1) is 25.9 Å². The summed E-state index contributed by atoms with van der Waals surface area (Å²) in [5, 5.41) is 18.2. The molecule has 1 aromatic rings. The molecule has 0 aromatic heterocycles. The lowest BCUT2D eigenvalue weighted by atomic mass is 9.80. The third kappa shape index (κ3) is 3.06. The molecular weight excluding hydrogens is 249 g/mol. The van der Waals surface area contributed by atoms with Crippen LogP contribution in [-0.4, -0.2) is 61.4 Å². The Morgan fingerprint density at radius 1 is 1.37 bits per heavy atom. The van der Waals surface area contributed by atoms with Crippen molar-refractivity contribution in [3.63, 3.8) is 0 Å². The minimum absolute atomic E-state index is 0.140. The summed E-state index contributed by atoms with van der Waals surface area (Å²) in [6.07, 6.45) is 0. The van der Waals surface area contributed by atoms with Crippen molar-refractivity contribution in [2.45, 2.75) is 0 Å². The van der Waals surface area contributed by atoms with Gasteiger partial charge in [-0.3, -0.25) is 4.79 Å². The van der Waals surface area contributed by atoms with Crippen molar-refractivity contribution in [3.8, 4) is 5.75 Å². The van der Waals surface area contributed by atoms with Crippen LogP contribution < -0.4 is 10.2 Å². The van der Waals surface area contributed by atoms with Gasteiger partial charge in [0, 0.05) is 13.1 Å². The van der Waals surface area contributed by atoms with E-state index in [1.54, 1.807) is 11.0 Å². The highest BCUT2D eigenvalue weighted by Gasteiger charge is 2.23. The van der Waals surface area contributed by atoms with Crippen molar-refractivity contribution >= 4 is 18.5 Å². The monoisotopic (exact) mass is 265 g/mol. The third-order valence-corrected chi connectivity index (χ3v) is 3.05. The average Bonchev–Trinajstić information content (AvgIpc) is 2.46. The van der Waals surface area contributed by atoms with Crippen LogP contribution in [0.1, 0.15) is 10.4 Å². The van der Waals surface area contributed by atoms with Gasteiger partial charge >= 0.3 is 7.12 Å². The Kier molecular flexibility index (Phi) is 4.41. The van der Waals surface area contributed by atoms with E-state index in [9.17, 15) is 4.79 Å². The van der Waals surface area contributed by atoms with Gasteiger partial charge < -0.3 is 24.4 Å². The second-order valence-electron chi connectivity index (χ2n) is 4.24. The smallest absolute Gasteiger partial charge is 0.488 e. The van der Waals surface area contributed by atoms with Crippen LogP contribution in [0, 0.1) is 0 Å². The summed E-state index contributed by atoms with van der Waals surface area (Å²) < 4.78 is 10.3. The van der Waals surface area contributed by atoms with E-state index in [2.05, 4.69) is 0 Å². The van der Waals surface area contributed by atoms with Gasteiger partial charge in [0.2, 0.25) is 0 Å². The molecule has 1 aliphatic heterocycles. The lowest BCUT2D eigenvalue weighted by Gasteiger charge is -2.27. The van der Waals surface area contributed by atoms with Crippen LogP contribution in [0.25, 0.3) is 0 Å². The molecule has 6 nitrogen and oxygen atoms in total. The molecule has 0 aliphatic carbocycles. The molecule has 0 saturated carbocycles. The molecule has 0 unspecified atom stereocenters. The standard InChI is InChI=1S/C12H16BNO5/c1-18-11-8-9(13(16)17)2-3-10(11)12(15)14-4-6-19-7-5-14/h2-3,8,16-17H,4-7H2,1H3. The van der Waals surface area contributed by atoms with Gasteiger partial charge in [0.1, 0.15) is 5.75 Å². The van der Waals surface area contributed by atoms with E-state index >= 15 is 0 Å². The number of rotatable bonds is 3. The summed E-state index contributed by atoms with van der Waals surface area (Å²) in [6, 6.07) is 4.50. The highest BCUT2D eigenvalue weighted by atomic mass is 16.5. The molecule has 0 atom stereocenters. The van der Waals surface area contributed by atoms with E-state index in [1.165, 1.54) is 19.2 Å². The Labute approximate surface area is 111 Å². The molecule has 1 aromatic carbocycles. The molecule has 1 aliphatic rings. The highest BCUT2D eigenvalue weighted by molar-refractivity contribution is 6.58. The van der Waals surface area contributed by atoms with Crippen molar-refractivity contribution in [3.05, 3.63) is 23.8 Å². The molecular formula is C12H16BNO5. The van der Waals surface area contributed by atoms with E-state index in [4.69, 9.17) is 19.5 Å². The fraction of sp³-hybridized carbons (Fsp3) is 0.417. The van der Waals surface area contributed by atoms with Gasteiger partial charge in [-0.15, -0.1) is 0 Å². The third-order valence-electron chi connectivity index (χ3n) is 3.05. The summed E-state index contributed by atoms with van der Waals surface area (Å²) in [5.41, 5.74) is 0.698. The average molecular weight is 265 g/mol. The highest BCUT2D eigenvalue weighted by Crippen LogP contribution is 2.19. The SMILES string of the molecule is COc1cc(B(O)O)ccc1C(=O)N1CCOCC1. The number of nitrogens with zero attached hydrogens (tertiary/aromatic N) is 1. The zero-order valence-electron chi connectivity index (χ0n) is 10.7. The quantitative estimate of drug-likeness (QED) is 0.674. The minimum Gasteiger partial charge on any atom is -0.496 e. The van der Waals surface area contributed by atoms with E-state index in [1.807, 2.05) is 0 Å². The molecule has 2 rings (SSSR count). The van der Waals surface area contributed by atoms with Crippen molar-refractivity contribution in [2.24, 2.45) is 0 Å². The molecule has 1 saturated heterocycles. The van der Waals surface area contributed by atoms with Gasteiger partial charge in [-0.1, -0.05) is 6.07 Å². The van der Waals surface area contributed by atoms with Crippen molar-refractivity contribution in [2.75, 3.05) is 33.4 Å². The largest absolute Gasteiger partial charge is 0.496 e. The van der Waals surface area contributed by atoms with Crippen LogP contribution in [0.3, 0.4) is 0 Å². The van der Waals surface area contributed by atoms with Crippen LogP contribution in [0.5, 0.6) is 5.75 Å². The molecule has 1 heterocycles. The number of ether oxygens (including phenoxy) is 2. The molecule has 0 radical (unpaired) electrons. The van der Waals surface area contributed by atoms with Gasteiger partial charge in [-0.25, -0.2) is 0 Å². The van der Waals surface area contributed by atoms with E-state index < -0.39 is 7.12 Å². The first-order valence-corrected chi connectivity index (χ1v) is 6.04. The van der Waals surface area contributed by atoms with Gasteiger partial charge in [0.15, 0.2) is 0 Å². The molecule has 19 heavy (non-hydrogen) atoms. The number of hydrogen-bond donors (Lipinski definition) is 2. The predicted octanol–water partition coefficient (Wildman–Crippen LogP) is -1.15. The van der Waals surface area contributed by atoms with Gasteiger partial charge in [-0.05, 0) is 17.6 Å². The van der Waals surface area contributed by atoms with Crippen LogP contribution in [-0.2, 0) is 4.74 Å². The van der Waals surface area contributed by atoms with Gasteiger partial charge in [0.25, 0.3) is 5.91 Å². The summed E-state index contributed by atoms with van der Waals surface area (Å²) >= 11 is 0. The zero-order chi connectivity index (χ0) is 13.8. The molecule has 0 spiro atoms.